The van der Waals surface area contributed by atoms with Crippen molar-refractivity contribution in [3.63, 3.8) is 0 Å². The van der Waals surface area contributed by atoms with E-state index in [0.29, 0.717) is 11.5 Å². The van der Waals surface area contributed by atoms with Gasteiger partial charge in [-0.3, -0.25) is 0 Å². The molecule has 3 heteroatoms. The van der Waals surface area contributed by atoms with Crippen LogP contribution in [-0.2, 0) is 0 Å². The van der Waals surface area contributed by atoms with Crippen LogP contribution in [0.5, 0.6) is 0 Å². The molecule has 2 N–H and O–H groups in total. The molecule has 3 nitrogen and oxygen atoms in total. The number of aliphatic hydroxyl groups excluding tert-OH is 1. The van der Waals surface area contributed by atoms with E-state index in [0.717, 1.165) is 25.4 Å². The molecule has 0 bridgehead atoms. The maximum absolute atomic E-state index is 9.35. The van der Waals surface area contributed by atoms with Crippen LogP contribution in [0.25, 0.3) is 0 Å². The first-order valence-corrected chi connectivity index (χ1v) is 7.38. The third-order valence-corrected chi connectivity index (χ3v) is 4.36. The van der Waals surface area contributed by atoms with Gasteiger partial charge in [-0.25, -0.2) is 0 Å². The van der Waals surface area contributed by atoms with Gasteiger partial charge in [0, 0.05) is 19.1 Å². The van der Waals surface area contributed by atoms with Crippen LogP contribution in [0.2, 0.25) is 0 Å². The van der Waals surface area contributed by atoms with Crippen molar-refractivity contribution >= 4 is 0 Å². The molecule has 0 spiro atoms. The molecule has 18 heavy (non-hydrogen) atoms. The number of hydrogen-bond donors (Lipinski definition) is 2. The molecule has 0 aromatic carbocycles. The lowest BCUT2D eigenvalue weighted by Crippen LogP contribution is -2.46. The van der Waals surface area contributed by atoms with Gasteiger partial charge in [0.05, 0.1) is 6.10 Å². The molecule has 0 radical (unpaired) electrons. The largest absolute Gasteiger partial charge is 0.393 e. The van der Waals surface area contributed by atoms with E-state index in [-0.39, 0.29) is 6.10 Å². The van der Waals surface area contributed by atoms with Gasteiger partial charge in [-0.1, -0.05) is 13.8 Å². The standard InChI is InChI=1S/C15H32N2O/c1-12(18)7-9-17(5)11-13-10-15(2,3)8-6-14(13)16-4/h12-14,16,18H,6-11H2,1-5H3. The predicted octanol–water partition coefficient (Wildman–Crippen LogP) is 2.10. The summed E-state index contributed by atoms with van der Waals surface area (Å²) in [6.07, 6.45) is 4.61. The number of nitrogens with zero attached hydrogens (tertiary/aromatic N) is 1. The second-order valence-electron chi connectivity index (χ2n) is 6.96. The van der Waals surface area contributed by atoms with E-state index in [1.165, 1.54) is 19.3 Å². The SMILES string of the molecule is CNC1CCC(C)(C)CC1CN(C)CCC(C)O. The van der Waals surface area contributed by atoms with Crippen molar-refractivity contribution in [2.45, 2.75) is 58.6 Å². The Morgan fingerprint density at radius 3 is 2.67 bits per heavy atom. The molecule has 0 amide bonds. The topological polar surface area (TPSA) is 35.5 Å². The Bertz CT molecular complexity index is 241. The lowest BCUT2D eigenvalue weighted by atomic mass is 9.69. The molecule has 0 saturated heterocycles. The van der Waals surface area contributed by atoms with E-state index < -0.39 is 0 Å². The Kier molecular flexibility index (Phi) is 6.09. The fourth-order valence-electron chi connectivity index (χ4n) is 3.21. The average Bonchev–Trinajstić information content (AvgIpc) is 2.25. The fraction of sp³-hybridized carbons (Fsp3) is 1.00. The van der Waals surface area contributed by atoms with Gasteiger partial charge in [-0.15, -0.1) is 0 Å². The van der Waals surface area contributed by atoms with Crippen LogP contribution in [0.1, 0.15) is 46.5 Å². The molecule has 3 unspecified atom stereocenters. The van der Waals surface area contributed by atoms with Crippen LogP contribution in [-0.4, -0.2) is 49.3 Å². The van der Waals surface area contributed by atoms with Crippen molar-refractivity contribution in [3.05, 3.63) is 0 Å². The quantitative estimate of drug-likeness (QED) is 0.764. The van der Waals surface area contributed by atoms with Crippen molar-refractivity contribution < 1.29 is 5.11 Å². The number of nitrogens with one attached hydrogen (secondary N) is 1. The van der Waals surface area contributed by atoms with Crippen molar-refractivity contribution in [1.82, 2.24) is 10.2 Å². The molecule has 108 valence electrons. The molecular weight excluding hydrogens is 224 g/mol. The molecule has 1 saturated carbocycles. The van der Waals surface area contributed by atoms with Crippen molar-refractivity contribution in [2.24, 2.45) is 11.3 Å². The summed E-state index contributed by atoms with van der Waals surface area (Å²) in [6.45, 7) is 8.78. The summed E-state index contributed by atoms with van der Waals surface area (Å²) in [5.41, 5.74) is 0.489. The van der Waals surface area contributed by atoms with Gasteiger partial charge in [0.25, 0.3) is 0 Å². The highest BCUT2D eigenvalue weighted by Crippen LogP contribution is 2.38. The lowest BCUT2D eigenvalue weighted by molar-refractivity contribution is 0.103. The minimum atomic E-state index is -0.185. The van der Waals surface area contributed by atoms with Gasteiger partial charge in [-0.2, -0.15) is 0 Å². The predicted molar refractivity (Wildman–Crippen MR) is 77.8 cm³/mol. The first-order valence-electron chi connectivity index (χ1n) is 7.38. The Balaban J connectivity index is 2.45. The second kappa shape index (κ2) is 6.88. The monoisotopic (exact) mass is 256 g/mol. The van der Waals surface area contributed by atoms with Crippen LogP contribution >= 0.6 is 0 Å². The number of rotatable bonds is 6. The lowest BCUT2D eigenvalue weighted by Gasteiger charge is -2.42. The third kappa shape index (κ3) is 5.25. The van der Waals surface area contributed by atoms with Crippen molar-refractivity contribution in [2.75, 3.05) is 27.2 Å². The van der Waals surface area contributed by atoms with Gasteiger partial charge in [0.15, 0.2) is 0 Å². The van der Waals surface area contributed by atoms with E-state index in [4.69, 9.17) is 0 Å². The molecule has 1 aliphatic rings. The van der Waals surface area contributed by atoms with Gasteiger partial charge >= 0.3 is 0 Å². The minimum Gasteiger partial charge on any atom is -0.393 e. The van der Waals surface area contributed by atoms with E-state index >= 15 is 0 Å². The Labute approximate surface area is 113 Å². The fourth-order valence-corrected chi connectivity index (χ4v) is 3.21. The van der Waals surface area contributed by atoms with Gasteiger partial charge in [0.1, 0.15) is 0 Å². The highest BCUT2D eigenvalue weighted by Gasteiger charge is 2.34. The van der Waals surface area contributed by atoms with Crippen LogP contribution in [0.3, 0.4) is 0 Å². The van der Waals surface area contributed by atoms with Crippen molar-refractivity contribution in [3.8, 4) is 0 Å². The summed E-state index contributed by atoms with van der Waals surface area (Å²) < 4.78 is 0. The Morgan fingerprint density at radius 2 is 2.11 bits per heavy atom. The van der Waals surface area contributed by atoms with E-state index in [2.05, 4.69) is 38.2 Å². The molecular formula is C15H32N2O. The molecule has 0 heterocycles. The zero-order chi connectivity index (χ0) is 13.8. The Hall–Kier alpha value is -0.120. The molecule has 0 aromatic rings. The van der Waals surface area contributed by atoms with E-state index in [1.807, 2.05) is 6.92 Å². The highest BCUT2D eigenvalue weighted by molar-refractivity contribution is 4.89. The van der Waals surface area contributed by atoms with Crippen LogP contribution in [0.15, 0.2) is 0 Å². The summed E-state index contributed by atoms with van der Waals surface area (Å²) in [7, 11) is 4.27. The zero-order valence-electron chi connectivity index (χ0n) is 12.9. The zero-order valence-corrected chi connectivity index (χ0v) is 12.9. The third-order valence-electron chi connectivity index (χ3n) is 4.36. The molecule has 1 fully saturated rings. The molecule has 0 aliphatic heterocycles. The summed E-state index contributed by atoms with van der Waals surface area (Å²) in [4.78, 5) is 2.38. The normalized spacial score (nSPS) is 29.5. The van der Waals surface area contributed by atoms with Crippen LogP contribution < -0.4 is 5.32 Å². The first kappa shape index (κ1) is 15.9. The summed E-state index contributed by atoms with van der Waals surface area (Å²) in [5.74, 6) is 0.734. The van der Waals surface area contributed by atoms with Gasteiger partial charge < -0.3 is 15.3 Å². The minimum absolute atomic E-state index is 0.185. The first-order chi connectivity index (χ1) is 8.34. The molecule has 1 rings (SSSR count). The summed E-state index contributed by atoms with van der Waals surface area (Å²) in [5, 5.41) is 12.8. The molecule has 0 aromatic heterocycles. The molecule has 1 aliphatic carbocycles. The summed E-state index contributed by atoms with van der Waals surface area (Å²) in [6, 6.07) is 0.659. The van der Waals surface area contributed by atoms with E-state index in [9.17, 15) is 5.11 Å². The highest BCUT2D eigenvalue weighted by atomic mass is 16.3. The van der Waals surface area contributed by atoms with Crippen LogP contribution in [0, 0.1) is 11.3 Å². The van der Waals surface area contributed by atoms with Gasteiger partial charge in [0.2, 0.25) is 0 Å². The Morgan fingerprint density at radius 1 is 1.44 bits per heavy atom. The van der Waals surface area contributed by atoms with Crippen LogP contribution in [0.4, 0.5) is 0 Å². The number of hydrogen-bond acceptors (Lipinski definition) is 3. The average molecular weight is 256 g/mol. The molecule has 3 atom stereocenters. The second-order valence-corrected chi connectivity index (χ2v) is 6.96. The maximum atomic E-state index is 9.35. The summed E-state index contributed by atoms with van der Waals surface area (Å²) >= 11 is 0. The van der Waals surface area contributed by atoms with Gasteiger partial charge in [-0.05, 0) is 58.0 Å². The smallest absolute Gasteiger partial charge is 0.0524 e. The van der Waals surface area contributed by atoms with E-state index in [1.54, 1.807) is 0 Å². The number of aliphatic hydroxyl groups is 1. The maximum Gasteiger partial charge on any atom is 0.0524 e. The van der Waals surface area contributed by atoms with Crippen molar-refractivity contribution in [1.29, 1.82) is 0 Å².